The molecule has 3 heteroatoms. The van der Waals surface area contributed by atoms with Gasteiger partial charge >= 0.3 is 0 Å². The molecule has 1 aromatic carbocycles. The first-order valence-corrected chi connectivity index (χ1v) is 8.34. The van der Waals surface area contributed by atoms with Gasteiger partial charge in [-0.2, -0.15) is 0 Å². The van der Waals surface area contributed by atoms with Gasteiger partial charge in [-0.25, -0.2) is 0 Å². The standard InChI is InChI=1S/C15H20O3.C4H10/c1-9-7-11-13(10(2)14(9)16)12(17-3)8-15(18-11)5-4-6-15;1-4(2)3/h7,12,16H,4-6,8H2,1-3H3;4H,1-3H3. The minimum Gasteiger partial charge on any atom is -0.507 e. The van der Waals surface area contributed by atoms with Crippen LogP contribution in [0.5, 0.6) is 11.5 Å². The van der Waals surface area contributed by atoms with E-state index < -0.39 is 0 Å². The summed E-state index contributed by atoms with van der Waals surface area (Å²) in [5, 5.41) is 10.1. The van der Waals surface area contributed by atoms with Crippen molar-refractivity contribution < 1.29 is 14.6 Å². The molecule has 1 heterocycles. The van der Waals surface area contributed by atoms with Crippen molar-refractivity contribution in [2.45, 2.75) is 72.0 Å². The van der Waals surface area contributed by atoms with Crippen LogP contribution in [0.3, 0.4) is 0 Å². The molecule has 3 nitrogen and oxygen atoms in total. The number of benzene rings is 1. The van der Waals surface area contributed by atoms with Crippen LogP contribution in [-0.2, 0) is 4.74 Å². The highest BCUT2D eigenvalue weighted by Crippen LogP contribution is 2.52. The molecule has 1 N–H and O–H groups in total. The summed E-state index contributed by atoms with van der Waals surface area (Å²) in [6.07, 6.45) is 4.42. The van der Waals surface area contributed by atoms with E-state index in [1.807, 2.05) is 19.9 Å². The molecule has 1 aliphatic heterocycles. The van der Waals surface area contributed by atoms with Crippen molar-refractivity contribution in [1.29, 1.82) is 0 Å². The monoisotopic (exact) mass is 306 g/mol. The van der Waals surface area contributed by atoms with E-state index in [4.69, 9.17) is 9.47 Å². The fourth-order valence-corrected chi connectivity index (χ4v) is 3.23. The number of phenols is 1. The third-order valence-corrected chi connectivity index (χ3v) is 4.50. The second kappa shape index (κ2) is 6.49. The molecule has 1 unspecified atom stereocenters. The Kier molecular flexibility index (Phi) is 5.06. The highest BCUT2D eigenvalue weighted by molar-refractivity contribution is 5.54. The van der Waals surface area contributed by atoms with Crippen molar-refractivity contribution in [1.82, 2.24) is 0 Å². The first kappa shape index (κ1) is 17.1. The van der Waals surface area contributed by atoms with Gasteiger partial charge in [0.1, 0.15) is 17.1 Å². The maximum atomic E-state index is 10.1. The van der Waals surface area contributed by atoms with Gasteiger partial charge in [-0.1, -0.05) is 20.8 Å². The van der Waals surface area contributed by atoms with Crippen LogP contribution in [0.4, 0.5) is 0 Å². The summed E-state index contributed by atoms with van der Waals surface area (Å²) in [4.78, 5) is 0. The number of phenolic OH excluding ortho intramolecular Hbond substituents is 1. The lowest BCUT2D eigenvalue weighted by molar-refractivity contribution is -0.0772. The number of aromatic hydroxyl groups is 1. The minimum absolute atomic E-state index is 0.0104. The summed E-state index contributed by atoms with van der Waals surface area (Å²) in [6, 6.07) is 1.95. The Balaban J connectivity index is 0.000000396. The van der Waals surface area contributed by atoms with E-state index in [1.165, 1.54) is 6.42 Å². The van der Waals surface area contributed by atoms with Gasteiger partial charge in [0.15, 0.2) is 0 Å². The maximum absolute atomic E-state index is 10.1. The number of hydrogen-bond donors (Lipinski definition) is 1. The van der Waals surface area contributed by atoms with E-state index in [9.17, 15) is 5.11 Å². The molecule has 3 rings (SSSR count). The van der Waals surface area contributed by atoms with Crippen LogP contribution in [0.2, 0.25) is 0 Å². The first-order chi connectivity index (χ1) is 10.3. The molecule has 1 aliphatic carbocycles. The average molecular weight is 306 g/mol. The van der Waals surface area contributed by atoms with Crippen molar-refractivity contribution in [2.24, 2.45) is 5.92 Å². The summed E-state index contributed by atoms with van der Waals surface area (Å²) in [5.41, 5.74) is 2.78. The zero-order valence-corrected chi connectivity index (χ0v) is 14.8. The largest absolute Gasteiger partial charge is 0.507 e. The molecule has 1 saturated carbocycles. The van der Waals surface area contributed by atoms with Crippen molar-refractivity contribution in [3.05, 3.63) is 22.8 Å². The van der Waals surface area contributed by atoms with Gasteiger partial charge in [-0.3, -0.25) is 0 Å². The smallest absolute Gasteiger partial charge is 0.126 e. The zero-order valence-electron chi connectivity index (χ0n) is 14.8. The number of ether oxygens (including phenoxy) is 2. The highest BCUT2D eigenvalue weighted by atomic mass is 16.5. The minimum atomic E-state index is -0.0104. The summed E-state index contributed by atoms with van der Waals surface area (Å²) in [6.45, 7) is 10.4. The van der Waals surface area contributed by atoms with Crippen LogP contribution >= 0.6 is 0 Å². The molecule has 0 amide bonds. The Morgan fingerprint density at radius 1 is 1.27 bits per heavy atom. The van der Waals surface area contributed by atoms with E-state index in [1.54, 1.807) is 7.11 Å². The Labute approximate surface area is 134 Å². The number of fused-ring (bicyclic) bond motifs is 1. The third kappa shape index (κ3) is 3.24. The molecule has 0 aromatic heterocycles. The molecule has 0 saturated heterocycles. The number of rotatable bonds is 1. The summed E-state index contributed by atoms with van der Waals surface area (Å²) in [7, 11) is 1.74. The topological polar surface area (TPSA) is 38.7 Å². The van der Waals surface area contributed by atoms with Crippen molar-refractivity contribution in [3.63, 3.8) is 0 Å². The van der Waals surface area contributed by atoms with Crippen molar-refractivity contribution in [3.8, 4) is 11.5 Å². The Bertz CT molecular complexity index is 527. The lowest BCUT2D eigenvalue weighted by Gasteiger charge is -2.48. The van der Waals surface area contributed by atoms with E-state index in [0.29, 0.717) is 5.75 Å². The van der Waals surface area contributed by atoms with E-state index in [2.05, 4.69) is 20.8 Å². The molecule has 1 fully saturated rings. The molecule has 22 heavy (non-hydrogen) atoms. The van der Waals surface area contributed by atoms with Crippen LogP contribution in [0.25, 0.3) is 0 Å². The lowest BCUT2D eigenvalue weighted by atomic mass is 9.73. The normalized spacial score (nSPS) is 21.5. The zero-order chi connectivity index (χ0) is 16.5. The van der Waals surface area contributed by atoms with Gasteiger partial charge in [0.25, 0.3) is 0 Å². The molecule has 0 bridgehead atoms. The highest BCUT2D eigenvalue weighted by Gasteiger charge is 2.46. The molecule has 2 aliphatic rings. The predicted molar refractivity (Wildman–Crippen MR) is 89.7 cm³/mol. The number of hydrogen-bond acceptors (Lipinski definition) is 3. The lowest BCUT2D eigenvalue weighted by Crippen LogP contribution is -2.47. The SMILES string of the molecule is CC(C)C.COC1CC2(CCC2)Oc2cc(C)c(O)c(C)c21. The molecule has 1 spiro atoms. The van der Waals surface area contributed by atoms with Gasteiger partial charge in [-0.05, 0) is 50.7 Å². The number of methoxy groups -OCH3 is 1. The van der Waals surface area contributed by atoms with Crippen LogP contribution < -0.4 is 4.74 Å². The summed E-state index contributed by atoms with van der Waals surface area (Å²) >= 11 is 0. The molecule has 1 atom stereocenters. The first-order valence-electron chi connectivity index (χ1n) is 8.34. The number of aryl methyl sites for hydroxylation is 1. The van der Waals surface area contributed by atoms with Gasteiger partial charge in [0.2, 0.25) is 0 Å². The van der Waals surface area contributed by atoms with Gasteiger partial charge in [0.05, 0.1) is 6.10 Å². The van der Waals surface area contributed by atoms with Crippen LogP contribution in [0.15, 0.2) is 6.07 Å². The van der Waals surface area contributed by atoms with E-state index in [-0.39, 0.29) is 11.7 Å². The van der Waals surface area contributed by atoms with Gasteiger partial charge < -0.3 is 14.6 Å². The third-order valence-electron chi connectivity index (χ3n) is 4.50. The maximum Gasteiger partial charge on any atom is 0.126 e. The van der Waals surface area contributed by atoms with Crippen molar-refractivity contribution in [2.75, 3.05) is 7.11 Å². The molecule has 124 valence electrons. The van der Waals surface area contributed by atoms with Crippen LogP contribution in [0, 0.1) is 19.8 Å². The quantitative estimate of drug-likeness (QED) is 0.787. The Morgan fingerprint density at radius 3 is 2.32 bits per heavy atom. The Hall–Kier alpha value is -1.22. The summed E-state index contributed by atoms with van der Waals surface area (Å²) in [5.74, 6) is 2.10. The van der Waals surface area contributed by atoms with E-state index in [0.717, 1.165) is 47.6 Å². The van der Waals surface area contributed by atoms with Crippen LogP contribution in [-0.4, -0.2) is 17.8 Å². The predicted octanol–water partition coefficient (Wildman–Crippen LogP) is 5.06. The second-order valence-electron chi connectivity index (χ2n) is 7.38. The van der Waals surface area contributed by atoms with Gasteiger partial charge in [0, 0.05) is 24.7 Å². The van der Waals surface area contributed by atoms with Gasteiger partial charge in [-0.15, -0.1) is 0 Å². The van der Waals surface area contributed by atoms with Crippen LogP contribution in [0.1, 0.15) is 69.2 Å². The van der Waals surface area contributed by atoms with E-state index >= 15 is 0 Å². The van der Waals surface area contributed by atoms with Crippen molar-refractivity contribution >= 4 is 0 Å². The second-order valence-corrected chi connectivity index (χ2v) is 7.38. The Morgan fingerprint density at radius 2 is 1.86 bits per heavy atom. The molecule has 0 radical (unpaired) electrons. The summed E-state index contributed by atoms with van der Waals surface area (Å²) < 4.78 is 11.8. The fourth-order valence-electron chi connectivity index (χ4n) is 3.23. The fraction of sp³-hybridized carbons (Fsp3) is 0.684. The molecular weight excluding hydrogens is 276 g/mol. The molecular formula is C19H30O3. The average Bonchev–Trinajstić information content (AvgIpc) is 2.41. The molecule has 1 aromatic rings.